The second-order valence-electron chi connectivity index (χ2n) is 6.35. The molecule has 0 spiro atoms. The van der Waals surface area contributed by atoms with Gasteiger partial charge < -0.3 is 11.1 Å². The van der Waals surface area contributed by atoms with Crippen LogP contribution in [0.1, 0.15) is 24.0 Å². The predicted octanol–water partition coefficient (Wildman–Crippen LogP) is 3.74. The average Bonchev–Trinajstić information content (AvgIpc) is 3.29. The van der Waals surface area contributed by atoms with E-state index in [4.69, 9.17) is 5.73 Å². The molecule has 0 amide bonds. The molecule has 0 aromatic heterocycles. The third kappa shape index (κ3) is 3.88. The first kappa shape index (κ1) is 14.6. The zero-order valence-electron chi connectivity index (χ0n) is 13.0. The Kier molecular flexibility index (Phi) is 4.14. The van der Waals surface area contributed by atoms with E-state index in [0.717, 1.165) is 18.7 Å². The molecule has 1 aliphatic carbocycles. The van der Waals surface area contributed by atoms with Crippen molar-refractivity contribution in [3.63, 3.8) is 0 Å². The fourth-order valence-electron chi connectivity index (χ4n) is 2.67. The summed E-state index contributed by atoms with van der Waals surface area (Å²) in [6.45, 7) is 2.87. The predicted molar refractivity (Wildman–Crippen MR) is 93.1 cm³/mol. The second kappa shape index (κ2) is 6.22. The van der Waals surface area contributed by atoms with Gasteiger partial charge in [0.1, 0.15) is 0 Å². The number of hydrogen-bond acceptors (Lipinski definition) is 1. The van der Waals surface area contributed by atoms with Gasteiger partial charge in [0.25, 0.3) is 0 Å². The van der Waals surface area contributed by atoms with Crippen molar-refractivity contribution in [1.82, 2.24) is 0 Å². The SMILES string of the molecule is Cc1ccc(NC(N)=NCC2(Cc3ccccc3)CC2)cc1. The van der Waals surface area contributed by atoms with Gasteiger partial charge in [-0.05, 0) is 49.3 Å². The molecule has 22 heavy (non-hydrogen) atoms. The van der Waals surface area contributed by atoms with Crippen molar-refractivity contribution in [2.75, 3.05) is 11.9 Å². The van der Waals surface area contributed by atoms with Crippen LogP contribution in [0.15, 0.2) is 59.6 Å². The molecule has 3 nitrogen and oxygen atoms in total. The summed E-state index contributed by atoms with van der Waals surface area (Å²) in [7, 11) is 0. The van der Waals surface area contributed by atoms with E-state index in [-0.39, 0.29) is 0 Å². The molecule has 1 aliphatic rings. The molecule has 2 aromatic rings. The average molecular weight is 293 g/mol. The standard InChI is InChI=1S/C19H23N3/c1-15-7-9-17(10-8-15)22-18(20)21-14-19(11-12-19)13-16-5-3-2-4-6-16/h2-10H,11-14H2,1H3,(H3,20,21,22). The van der Waals surface area contributed by atoms with E-state index in [9.17, 15) is 0 Å². The van der Waals surface area contributed by atoms with E-state index in [1.807, 2.05) is 12.1 Å². The van der Waals surface area contributed by atoms with Crippen LogP contribution in [0.3, 0.4) is 0 Å². The first-order valence-corrected chi connectivity index (χ1v) is 7.83. The lowest BCUT2D eigenvalue weighted by Gasteiger charge is -2.13. The summed E-state index contributed by atoms with van der Waals surface area (Å²) in [5.74, 6) is 0.503. The van der Waals surface area contributed by atoms with Crippen LogP contribution in [0.4, 0.5) is 5.69 Å². The Morgan fingerprint density at radius 2 is 1.77 bits per heavy atom. The van der Waals surface area contributed by atoms with Crippen LogP contribution in [-0.2, 0) is 6.42 Å². The largest absolute Gasteiger partial charge is 0.370 e. The molecule has 2 aromatic carbocycles. The van der Waals surface area contributed by atoms with Crippen LogP contribution in [0.25, 0.3) is 0 Å². The van der Waals surface area contributed by atoms with Crippen LogP contribution in [0.5, 0.6) is 0 Å². The van der Waals surface area contributed by atoms with Gasteiger partial charge in [0, 0.05) is 12.2 Å². The first-order chi connectivity index (χ1) is 10.7. The van der Waals surface area contributed by atoms with Crippen molar-refractivity contribution >= 4 is 11.6 Å². The van der Waals surface area contributed by atoms with E-state index in [2.05, 4.69) is 59.7 Å². The molecular weight excluding hydrogens is 270 g/mol. The maximum atomic E-state index is 6.01. The number of nitrogens with two attached hydrogens (primary N) is 1. The zero-order valence-corrected chi connectivity index (χ0v) is 13.0. The molecule has 3 heteroatoms. The van der Waals surface area contributed by atoms with Gasteiger partial charge in [-0.1, -0.05) is 48.0 Å². The number of anilines is 1. The summed E-state index contributed by atoms with van der Waals surface area (Å²) in [6, 6.07) is 18.8. The molecule has 0 bridgehead atoms. The lowest BCUT2D eigenvalue weighted by Crippen LogP contribution is -2.24. The number of nitrogens with zero attached hydrogens (tertiary/aromatic N) is 1. The van der Waals surface area contributed by atoms with E-state index in [1.165, 1.54) is 24.0 Å². The van der Waals surface area contributed by atoms with Gasteiger partial charge >= 0.3 is 0 Å². The van der Waals surface area contributed by atoms with Gasteiger partial charge in [-0.2, -0.15) is 0 Å². The van der Waals surface area contributed by atoms with Crippen LogP contribution in [-0.4, -0.2) is 12.5 Å². The summed E-state index contributed by atoms with van der Waals surface area (Å²) < 4.78 is 0. The minimum absolute atomic E-state index is 0.320. The normalized spacial score (nSPS) is 16.3. The van der Waals surface area contributed by atoms with Crippen molar-refractivity contribution in [2.24, 2.45) is 16.1 Å². The molecule has 3 N–H and O–H groups in total. The van der Waals surface area contributed by atoms with Gasteiger partial charge in [0.2, 0.25) is 0 Å². The van der Waals surface area contributed by atoms with Crippen molar-refractivity contribution in [2.45, 2.75) is 26.2 Å². The smallest absolute Gasteiger partial charge is 0.193 e. The highest BCUT2D eigenvalue weighted by molar-refractivity contribution is 5.92. The molecule has 0 radical (unpaired) electrons. The maximum absolute atomic E-state index is 6.01. The monoisotopic (exact) mass is 293 g/mol. The topological polar surface area (TPSA) is 50.4 Å². The van der Waals surface area contributed by atoms with E-state index in [0.29, 0.717) is 11.4 Å². The number of aliphatic imine (C=N–C) groups is 1. The Balaban J connectivity index is 1.57. The molecule has 0 atom stereocenters. The molecule has 0 aliphatic heterocycles. The Morgan fingerprint density at radius 3 is 2.41 bits per heavy atom. The summed E-state index contributed by atoms with van der Waals surface area (Å²) in [5.41, 5.74) is 9.94. The summed E-state index contributed by atoms with van der Waals surface area (Å²) in [5, 5.41) is 3.16. The summed E-state index contributed by atoms with van der Waals surface area (Å²) >= 11 is 0. The molecule has 3 rings (SSSR count). The first-order valence-electron chi connectivity index (χ1n) is 7.83. The second-order valence-corrected chi connectivity index (χ2v) is 6.35. The van der Waals surface area contributed by atoms with Crippen LogP contribution in [0.2, 0.25) is 0 Å². The molecule has 114 valence electrons. The highest BCUT2D eigenvalue weighted by atomic mass is 15.1. The minimum atomic E-state index is 0.320. The van der Waals surface area contributed by atoms with Crippen molar-refractivity contribution < 1.29 is 0 Å². The molecule has 1 fully saturated rings. The molecule has 1 saturated carbocycles. The third-order valence-electron chi connectivity index (χ3n) is 4.29. The van der Waals surface area contributed by atoms with Crippen LogP contribution < -0.4 is 11.1 Å². The fourth-order valence-corrected chi connectivity index (χ4v) is 2.67. The highest BCUT2D eigenvalue weighted by Crippen LogP contribution is 2.48. The van der Waals surface area contributed by atoms with E-state index >= 15 is 0 Å². The van der Waals surface area contributed by atoms with Gasteiger partial charge in [0.15, 0.2) is 5.96 Å². The molecule has 0 unspecified atom stereocenters. The van der Waals surface area contributed by atoms with Crippen molar-refractivity contribution in [3.8, 4) is 0 Å². The van der Waals surface area contributed by atoms with Gasteiger partial charge in [-0.3, -0.25) is 4.99 Å². The Labute approximate surface area is 132 Å². The number of aryl methyl sites for hydroxylation is 1. The van der Waals surface area contributed by atoms with Crippen molar-refractivity contribution in [3.05, 3.63) is 65.7 Å². The molecular formula is C19H23N3. The van der Waals surface area contributed by atoms with Crippen LogP contribution in [0, 0.1) is 12.3 Å². The van der Waals surface area contributed by atoms with Crippen molar-refractivity contribution in [1.29, 1.82) is 0 Å². The van der Waals surface area contributed by atoms with Gasteiger partial charge in [0.05, 0.1) is 0 Å². The summed E-state index contributed by atoms with van der Waals surface area (Å²) in [6.07, 6.45) is 3.57. The van der Waals surface area contributed by atoms with E-state index in [1.54, 1.807) is 0 Å². The number of benzene rings is 2. The molecule has 0 saturated heterocycles. The number of guanidine groups is 1. The van der Waals surface area contributed by atoms with Gasteiger partial charge in [-0.25, -0.2) is 0 Å². The number of nitrogens with one attached hydrogen (secondary N) is 1. The number of hydrogen-bond donors (Lipinski definition) is 2. The van der Waals surface area contributed by atoms with E-state index < -0.39 is 0 Å². The van der Waals surface area contributed by atoms with Gasteiger partial charge in [-0.15, -0.1) is 0 Å². The Hall–Kier alpha value is -2.29. The minimum Gasteiger partial charge on any atom is -0.370 e. The highest BCUT2D eigenvalue weighted by Gasteiger charge is 2.42. The van der Waals surface area contributed by atoms with Crippen LogP contribution >= 0.6 is 0 Å². The number of rotatable bonds is 5. The zero-order chi connectivity index (χ0) is 15.4. The third-order valence-corrected chi connectivity index (χ3v) is 4.29. The maximum Gasteiger partial charge on any atom is 0.193 e. The fraction of sp³-hybridized carbons (Fsp3) is 0.316. The lowest BCUT2D eigenvalue weighted by molar-refractivity contribution is 0.522. The summed E-state index contributed by atoms with van der Waals surface area (Å²) in [4.78, 5) is 4.56. The Bertz CT molecular complexity index is 640. The Morgan fingerprint density at radius 1 is 1.09 bits per heavy atom. The lowest BCUT2D eigenvalue weighted by atomic mass is 9.97. The quantitative estimate of drug-likeness (QED) is 0.651. The molecule has 0 heterocycles.